The summed E-state index contributed by atoms with van der Waals surface area (Å²) in [5.41, 5.74) is 2.03. The zero-order valence-corrected chi connectivity index (χ0v) is 8.06. The molecule has 0 bridgehead atoms. The van der Waals surface area contributed by atoms with Crippen LogP contribution in [0.2, 0.25) is 0 Å². The molecular weight excluding hydrogens is 188 g/mol. The van der Waals surface area contributed by atoms with Crippen molar-refractivity contribution in [2.24, 2.45) is 0 Å². The Balaban J connectivity index is 2.05. The number of rotatable bonds is 2. The van der Waals surface area contributed by atoms with Crippen molar-refractivity contribution in [3.63, 3.8) is 0 Å². The van der Waals surface area contributed by atoms with Crippen molar-refractivity contribution in [1.29, 1.82) is 0 Å². The Kier molecular flexibility index (Phi) is 2.50. The fourth-order valence-electron chi connectivity index (χ4n) is 1.84. The summed E-state index contributed by atoms with van der Waals surface area (Å²) in [7, 11) is 0. The summed E-state index contributed by atoms with van der Waals surface area (Å²) in [5, 5.41) is 0. The molecule has 1 aliphatic rings. The molecule has 0 spiro atoms. The molecule has 0 unspecified atom stereocenters. The SMILES string of the molecule is Cc1nc2c([nH]1)CCN(CC(F)F)C2. The van der Waals surface area contributed by atoms with Crippen molar-refractivity contribution in [3.8, 4) is 0 Å². The zero-order valence-electron chi connectivity index (χ0n) is 8.06. The lowest BCUT2D eigenvalue weighted by Gasteiger charge is -2.25. The molecule has 0 saturated carbocycles. The number of halogens is 2. The molecule has 2 rings (SSSR count). The Morgan fingerprint density at radius 3 is 3.07 bits per heavy atom. The summed E-state index contributed by atoms with van der Waals surface area (Å²) in [5.74, 6) is 0.869. The number of aromatic amines is 1. The van der Waals surface area contributed by atoms with Gasteiger partial charge < -0.3 is 4.98 Å². The number of nitrogens with one attached hydrogen (secondary N) is 1. The number of aryl methyl sites for hydroxylation is 1. The van der Waals surface area contributed by atoms with E-state index in [4.69, 9.17) is 0 Å². The van der Waals surface area contributed by atoms with Crippen LogP contribution < -0.4 is 0 Å². The van der Waals surface area contributed by atoms with Gasteiger partial charge in [-0.25, -0.2) is 13.8 Å². The average Bonchev–Trinajstić information content (AvgIpc) is 2.42. The highest BCUT2D eigenvalue weighted by atomic mass is 19.3. The molecule has 0 atom stereocenters. The minimum Gasteiger partial charge on any atom is -0.346 e. The molecule has 1 aliphatic heterocycles. The van der Waals surface area contributed by atoms with Gasteiger partial charge in [-0.3, -0.25) is 4.90 Å². The van der Waals surface area contributed by atoms with Gasteiger partial charge in [-0.05, 0) is 6.92 Å². The Labute approximate surface area is 81.1 Å². The Morgan fingerprint density at radius 2 is 2.36 bits per heavy atom. The fraction of sp³-hybridized carbons (Fsp3) is 0.667. The van der Waals surface area contributed by atoms with Crippen LogP contribution in [0.3, 0.4) is 0 Å². The number of aromatic nitrogens is 2. The van der Waals surface area contributed by atoms with Crippen LogP contribution in [-0.2, 0) is 13.0 Å². The summed E-state index contributed by atoms with van der Waals surface area (Å²) in [6, 6.07) is 0. The molecule has 78 valence electrons. The lowest BCUT2D eigenvalue weighted by molar-refractivity contribution is 0.0812. The van der Waals surface area contributed by atoms with Gasteiger partial charge in [0.2, 0.25) is 0 Å². The highest BCUT2D eigenvalue weighted by Gasteiger charge is 2.21. The fourth-order valence-corrected chi connectivity index (χ4v) is 1.84. The van der Waals surface area contributed by atoms with E-state index < -0.39 is 6.43 Å². The predicted molar refractivity (Wildman–Crippen MR) is 48.3 cm³/mol. The second-order valence-corrected chi connectivity index (χ2v) is 3.62. The van der Waals surface area contributed by atoms with Crippen LogP contribution in [0.15, 0.2) is 0 Å². The summed E-state index contributed by atoms with van der Waals surface area (Å²) < 4.78 is 24.3. The summed E-state index contributed by atoms with van der Waals surface area (Å²) in [6.07, 6.45) is -1.46. The largest absolute Gasteiger partial charge is 0.346 e. The number of hydrogen-bond acceptors (Lipinski definition) is 2. The minimum absolute atomic E-state index is 0.147. The molecule has 0 radical (unpaired) electrons. The van der Waals surface area contributed by atoms with E-state index in [9.17, 15) is 8.78 Å². The van der Waals surface area contributed by atoms with Crippen LogP contribution in [0.1, 0.15) is 17.2 Å². The first-order valence-electron chi connectivity index (χ1n) is 4.70. The summed E-state index contributed by atoms with van der Waals surface area (Å²) in [4.78, 5) is 9.16. The lowest BCUT2D eigenvalue weighted by Crippen LogP contribution is -2.34. The van der Waals surface area contributed by atoms with Crippen molar-refractivity contribution in [2.75, 3.05) is 13.1 Å². The van der Waals surface area contributed by atoms with E-state index in [-0.39, 0.29) is 6.54 Å². The molecule has 14 heavy (non-hydrogen) atoms. The van der Waals surface area contributed by atoms with E-state index >= 15 is 0 Å². The summed E-state index contributed by atoms with van der Waals surface area (Å²) in [6.45, 7) is 2.98. The van der Waals surface area contributed by atoms with E-state index in [1.807, 2.05) is 6.92 Å². The van der Waals surface area contributed by atoms with Gasteiger partial charge in [-0.15, -0.1) is 0 Å². The van der Waals surface area contributed by atoms with E-state index in [0.717, 1.165) is 23.6 Å². The monoisotopic (exact) mass is 201 g/mol. The van der Waals surface area contributed by atoms with E-state index in [2.05, 4.69) is 9.97 Å². The van der Waals surface area contributed by atoms with Crippen molar-refractivity contribution >= 4 is 0 Å². The maximum Gasteiger partial charge on any atom is 0.251 e. The third kappa shape index (κ3) is 1.92. The smallest absolute Gasteiger partial charge is 0.251 e. The molecule has 5 heteroatoms. The molecule has 2 heterocycles. The quantitative estimate of drug-likeness (QED) is 0.783. The van der Waals surface area contributed by atoms with E-state index in [1.54, 1.807) is 4.90 Å². The third-order valence-electron chi connectivity index (χ3n) is 2.43. The number of alkyl halides is 2. The highest BCUT2D eigenvalue weighted by molar-refractivity contribution is 5.17. The van der Waals surface area contributed by atoms with Gasteiger partial charge in [-0.2, -0.15) is 0 Å². The van der Waals surface area contributed by atoms with Crippen molar-refractivity contribution < 1.29 is 8.78 Å². The van der Waals surface area contributed by atoms with Crippen LogP contribution in [0, 0.1) is 6.92 Å². The number of H-pyrrole nitrogens is 1. The number of imidazole rings is 1. The third-order valence-corrected chi connectivity index (χ3v) is 2.43. The van der Waals surface area contributed by atoms with Gasteiger partial charge in [0, 0.05) is 25.2 Å². The predicted octanol–water partition coefficient (Wildman–Crippen LogP) is 1.34. The van der Waals surface area contributed by atoms with Gasteiger partial charge in [0.1, 0.15) is 5.82 Å². The minimum atomic E-state index is -2.25. The molecule has 0 saturated heterocycles. The van der Waals surface area contributed by atoms with E-state index in [0.29, 0.717) is 13.1 Å². The van der Waals surface area contributed by atoms with E-state index in [1.165, 1.54) is 0 Å². The first kappa shape index (κ1) is 9.58. The highest BCUT2D eigenvalue weighted by Crippen LogP contribution is 2.16. The van der Waals surface area contributed by atoms with Crippen LogP contribution in [0.25, 0.3) is 0 Å². The number of fused-ring (bicyclic) bond motifs is 1. The van der Waals surface area contributed by atoms with Crippen LogP contribution in [-0.4, -0.2) is 34.4 Å². The van der Waals surface area contributed by atoms with Crippen molar-refractivity contribution in [2.45, 2.75) is 26.3 Å². The Bertz CT molecular complexity index is 322. The Morgan fingerprint density at radius 1 is 1.57 bits per heavy atom. The second kappa shape index (κ2) is 3.65. The summed E-state index contributed by atoms with van der Waals surface area (Å²) >= 11 is 0. The Hall–Kier alpha value is -0.970. The topological polar surface area (TPSA) is 31.9 Å². The van der Waals surface area contributed by atoms with Gasteiger partial charge in [0.15, 0.2) is 0 Å². The van der Waals surface area contributed by atoms with Crippen LogP contribution in [0.4, 0.5) is 8.78 Å². The average molecular weight is 201 g/mol. The van der Waals surface area contributed by atoms with Crippen LogP contribution in [0.5, 0.6) is 0 Å². The lowest BCUT2D eigenvalue weighted by atomic mass is 10.1. The first-order chi connectivity index (χ1) is 6.65. The van der Waals surface area contributed by atoms with Gasteiger partial charge in [0.25, 0.3) is 6.43 Å². The molecule has 0 aromatic carbocycles. The van der Waals surface area contributed by atoms with Gasteiger partial charge >= 0.3 is 0 Å². The van der Waals surface area contributed by atoms with Gasteiger partial charge in [0.05, 0.1) is 12.2 Å². The standard InChI is InChI=1S/C9H13F2N3/c1-6-12-7-2-3-14(5-9(10)11)4-8(7)13-6/h9H,2-5H2,1H3,(H,12,13). The molecule has 0 aliphatic carbocycles. The molecule has 1 N–H and O–H groups in total. The normalized spacial score (nSPS) is 17.4. The van der Waals surface area contributed by atoms with Gasteiger partial charge in [-0.1, -0.05) is 0 Å². The molecule has 3 nitrogen and oxygen atoms in total. The molecule has 0 fully saturated rings. The van der Waals surface area contributed by atoms with Crippen LogP contribution >= 0.6 is 0 Å². The molecule has 1 aromatic heterocycles. The first-order valence-corrected chi connectivity index (χ1v) is 4.70. The number of nitrogens with zero attached hydrogens (tertiary/aromatic N) is 2. The maximum absolute atomic E-state index is 12.1. The number of hydrogen-bond donors (Lipinski definition) is 1. The molecule has 0 amide bonds. The van der Waals surface area contributed by atoms with Crippen molar-refractivity contribution in [3.05, 3.63) is 17.2 Å². The maximum atomic E-state index is 12.1. The zero-order chi connectivity index (χ0) is 10.1. The van der Waals surface area contributed by atoms with Crippen molar-refractivity contribution in [1.82, 2.24) is 14.9 Å². The molecular formula is C9H13F2N3. The second-order valence-electron chi connectivity index (χ2n) is 3.62. The molecule has 1 aromatic rings.